The van der Waals surface area contributed by atoms with Gasteiger partial charge in [-0.2, -0.15) is 0 Å². The van der Waals surface area contributed by atoms with Crippen LogP contribution in [0.25, 0.3) is 0 Å². The Bertz CT molecular complexity index is 597. The predicted molar refractivity (Wildman–Crippen MR) is 78.3 cm³/mol. The van der Waals surface area contributed by atoms with E-state index in [-0.39, 0.29) is 6.04 Å². The van der Waals surface area contributed by atoms with Crippen LogP contribution in [-0.4, -0.2) is 7.05 Å². The van der Waals surface area contributed by atoms with Crippen LogP contribution in [0.3, 0.4) is 0 Å². The average Bonchev–Trinajstić information content (AvgIpc) is 2.41. The molecule has 1 nitrogen and oxygen atoms in total. The normalized spacial score (nSPS) is 12.4. The standard InChI is InChI=1S/C15H13Cl2F2N/c1-20-14(15-10(16)3-2-4-11(15)17)8-9-5-6-12(18)13(19)7-9/h2-7,14,20H,8H2,1H3. The van der Waals surface area contributed by atoms with Crippen LogP contribution in [0.2, 0.25) is 10.0 Å². The maximum atomic E-state index is 13.2. The lowest BCUT2D eigenvalue weighted by Crippen LogP contribution is -2.19. The second-order valence-corrected chi connectivity index (χ2v) is 5.24. The summed E-state index contributed by atoms with van der Waals surface area (Å²) in [7, 11) is 1.77. The summed E-state index contributed by atoms with van der Waals surface area (Å²) in [6, 6.07) is 8.93. The fourth-order valence-electron chi connectivity index (χ4n) is 2.09. The molecule has 20 heavy (non-hydrogen) atoms. The number of likely N-dealkylation sites (N-methyl/N-ethyl adjacent to an activating group) is 1. The molecule has 1 N–H and O–H groups in total. The van der Waals surface area contributed by atoms with E-state index in [0.717, 1.165) is 11.6 Å². The molecule has 0 amide bonds. The molecule has 2 aromatic rings. The third kappa shape index (κ3) is 3.29. The van der Waals surface area contributed by atoms with Gasteiger partial charge in [0.25, 0.3) is 0 Å². The minimum absolute atomic E-state index is 0.180. The smallest absolute Gasteiger partial charge is 0.159 e. The molecule has 5 heteroatoms. The molecule has 106 valence electrons. The Labute approximate surface area is 126 Å². The fraction of sp³-hybridized carbons (Fsp3) is 0.200. The number of halogens is 4. The Kier molecular flexibility index (Phi) is 4.97. The molecule has 0 aliphatic heterocycles. The zero-order chi connectivity index (χ0) is 14.7. The Balaban J connectivity index is 2.31. The molecule has 2 rings (SSSR count). The van der Waals surface area contributed by atoms with Crippen molar-refractivity contribution < 1.29 is 8.78 Å². The van der Waals surface area contributed by atoms with E-state index in [9.17, 15) is 8.78 Å². The number of nitrogens with one attached hydrogen (secondary N) is 1. The molecular formula is C15H13Cl2F2N. The Morgan fingerprint density at radius 3 is 2.25 bits per heavy atom. The molecule has 1 unspecified atom stereocenters. The van der Waals surface area contributed by atoms with Crippen molar-refractivity contribution >= 4 is 23.2 Å². The van der Waals surface area contributed by atoms with Gasteiger partial charge in [-0.25, -0.2) is 8.78 Å². The summed E-state index contributed by atoms with van der Waals surface area (Å²) < 4.78 is 26.2. The highest BCUT2D eigenvalue weighted by molar-refractivity contribution is 6.36. The highest BCUT2D eigenvalue weighted by Gasteiger charge is 2.17. The van der Waals surface area contributed by atoms with Crippen LogP contribution in [-0.2, 0) is 6.42 Å². The Morgan fingerprint density at radius 2 is 1.70 bits per heavy atom. The zero-order valence-electron chi connectivity index (χ0n) is 10.8. The van der Waals surface area contributed by atoms with Gasteiger partial charge in [0.05, 0.1) is 0 Å². The second-order valence-electron chi connectivity index (χ2n) is 4.43. The van der Waals surface area contributed by atoms with Crippen LogP contribution in [0.4, 0.5) is 8.78 Å². The maximum Gasteiger partial charge on any atom is 0.159 e. The van der Waals surface area contributed by atoms with Crippen molar-refractivity contribution in [3.8, 4) is 0 Å². The van der Waals surface area contributed by atoms with E-state index >= 15 is 0 Å². The molecule has 0 aromatic heterocycles. The van der Waals surface area contributed by atoms with Crippen LogP contribution in [0, 0.1) is 11.6 Å². The third-order valence-corrected chi connectivity index (χ3v) is 3.78. The minimum atomic E-state index is -0.859. The summed E-state index contributed by atoms with van der Waals surface area (Å²) in [5, 5.41) is 4.18. The Morgan fingerprint density at radius 1 is 1.05 bits per heavy atom. The monoisotopic (exact) mass is 315 g/mol. The number of hydrogen-bond acceptors (Lipinski definition) is 1. The molecular weight excluding hydrogens is 303 g/mol. The Hall–Kier alpha value is -1.16. The van der Waals surface area contributed by atoms with Gasteiger partial charge >= 0.3 is 0 Å². The van der Waals surface area contributed by atoms with E-state index in [2.05, 4.69) is 5.32 Å². The van der Waals surface area contributed by atoms with Crippen LogP contribution in [0.15, 0.2) is 36.4 Å². The average molecular weight is 316 g/mol. The van der Waals surface area contributed by atoms with Crippen LogP contribution in [0.5, 0.6) is 0 Å². The molecule has 0 aliphatic carbocycles. The number of hydrogen-bond donors (Lipinski definition) is 1. The molecule has 0 fully saturated rings. The van der Waals surface area contributed by atoms with Gasteiger partial charge in [-0.05, 0) is 43.3 Å². The minimum Gasteiger partial charge on any atom is -0.313 e. The number of benzene rings is 2. The van der Waals surface area contributed by atoms with E-state index in [1.165, 1.54) is 6.07 Å². The zero-order valence-corrected chi connectivity index (χ0v) is 12.3. The van der Waals surface area contributed by atoms with Crippen molar-refractivity contribution in [2.24, 2.45) is 0 Å². The van der Waals surface area contributed by atoms with Crippen molar-refractivity contribution in [2.75, 3.05) is 7.05 Å². The molecule has 0 bridgehead atoms. The first kappa shape index (κ1) is 15.2. The quantitative estimate of drug-likeness (QED) is 0.856. The predicted octanol–water partition coefficient (Wildman–Crippen LogP) is 4.77. The SMILES string of the molecule is CNC(Cc1ccc(F)c(F)c1)c1c(Cl)cccc1Cl. The first-order chi connectivity index (χ1) is 9.52. The molecule has 0 aliphatic rings. The van der Waals surface area contributed by atoms with Gasteiger partial charge in [0.15, 0.2) is 11.6 Å². The summed E-state index contributed by atoms with van der Waals surface area (Å²) >= 11 is 12.3. The summed E-state index contributed by atoms with van der Waals surface area (Å²) in [6.07, 6.45) is 0.456. The summed E-state index contributed by atoms with van der Waals surface area (Å²) in [5.74, 6) is -1.71. The van der Waals surface area contributed by atoms with Crippen molar-refractivity contribution in [3.05, 3.63) is 69.2 Å². The summed E-state index contributed by atoms with van der Waals surface area (Å²) in [5.41, 5.74) is 1.42. The van der Waals surface area contributed by atoms with Crippen molar-refractivity contribution in [2.45, 2.75) is 12.5 Å². The lowest BCUT2D eigenvalue weighted by atomic mass is 9.98. The van der Waals surface area contributed by atoms with E-state index in [0.29, 0.717) is 22.0 Å². The molecule has 0 radical (unpaired) electrons. The topological polar surface area (TPSA) is 12.0 Å². The van der Waals surface area contributed by atoms with Gasteiger partial charge in [-0.3, -0.25) is 0 Å². The first-order valence-electron chi connectivity index (χ1n) is 6.08. The fourth-order valence-corrected chi connectivity index (χ4v) is 2.76. The van der Waals surface area contributed by atoms with E-state index in [4.69, 9.17) is 23.2 Å². The van der Waals surface area contributed by atoms with Gasteiger partial charge in [0, 0.05) is 21.7 Å². The number of rotatable bonds is 4. The van der Waals surface area contributed by atoms with E-state index < -0.39 is 11.6 Å². The molecule has 0 saturated carbocycles. The molecule has 2 aromatic carbocycles. The lowest BCUT2D eigenvalue weighted by molar-refractivity contribution is 0.504. The van der Waals surface area contributed by atoms with Crippen LogP contribution >= 0.6 is 23.2 Å². The third-order valence-electron chi connectivity index (χ3n) is 3.12. The van der Waals surface area contributed by atoms with Crippen molar-refractivity contribution in [1.29, 1.82) is 0 Å². The van der Waals surface area contributed by atoms with Gasteiger partial charge in [0.2, 0.25) is 0 Å². The molecule has 0 spiro atoms. The van der Waals surface area contributed by atoms with Gasteiger partial charge < -0.3 is 5.32 Å². The van der Waals surface area contributed by atoms with Crippen molar-refractivity contribution in [3.63, 3.8) is 0 Å². The van der Waals surface area contributed by atoms with Crippen LogP contribution < -0.4 is 5.32 Å². The second kappa shape index (κ2) is 6.53. The highest BCUT2D eigenvalue weighted by Crippen LogP contribution is 2.32. The largest absolute Gasteiger partial charge is 0.313 e. The lowest BCUT2D eigenvalue weighted by Gasteiger charge is -2.19. The summed E-state index contributed by atoms with van der Waals surface area (Å²) in [4.78, 5) is 0. The maximum absolute atomic E-state index is 13.2. The van der Waals surface area contributed by atoms with E-state index in [1.807, 2.05) is 0 Å². The van der Waals surface area contributed by atoms with Gasteiger partial charge in [-0.15, -0.1) is 0 Å². The van der Waals surface area contributed by atoms with E-state index in [1.54, 1.807) is 31.3 Å². The van der Waals surface area contributed by atoms with Crippen molar-refractivity contribution in [1.82, 2.24) is 5.32 Å². The van der Waals surface area contributed by atoms with Gasteiger partial charge in [-0.1, -0.05) is 35.3 Å². The summed E-state index contributed by atoms with van der Waals surface area (Å²) in [6.45, 7) is 0. The molecule has 0 saturated heterocycles. The van der Waals surface area contributed by atoms with Gasteiger partial charge in [0.1, 0.15) is 0 Å². The van der Waals surface area contributed by atoms with Crippen LogP contribution in [0.1, 0.15) is 17.2 Å². The first-order valence-corrected chi connectivity index (χ1v) is 6.83. The highest BCUT2D eigenvalue weighted by atomic mass is 35.5. The molecule has 1 atom stereocenters. The molecule has 0 heterocycles.